The standard InChI is InChI=1S/C9H5Cl3N2O/c10-9(11,12)8(15)6-4-14-7-1-2-13-3-5(6)7/h1-4,14H. The molecule has 0 amide bonds. The Morgan fingerprint density at radius 2 is 2.13 bits per heavy atom. The number of H-pyrrole nitrogens is 1. The molecule has 0 radical (unpaired) electrons. The Hall–Kier alpha value is -0.770. The zero-order chi connectivity index (χ0) is 11.1. The van der Waals surface area contributed by atoms with E-state index < -0.39 is 9.58 Å². The summed E-state index contributed by atoms with van der Waals surface area (Å²) in [6, 6.07) is 1.74. The van der Waals surface area contributed by atoms with Crippen molar-refractivity contribution in [1.82, 2.24) is 9.97 Å². The monoisotopic (exact) mass is 262 g/mol. The molecule has 0 spiro atoms. The van der Waals surface area contributed by atoms with Crippen molar-refractivity contribution in [3.8, 4) is 0 Å². The van der Waals surface area contributed by atoms with Crippen LogP contribution < -0.4 is 0 Å². The molecular weight excluding hydrogens is 258 g/mol. The van der Waals surface area contributed by atoms with Gasteiger partial charge in [0, 0.05) is 35.1 Å². The third kappa shape index (κ3) is 1.95. The van der Waals surface area contributed by atoms with Gasteiger partial charge in [-0.3, -0.25) is 9.78 Å². The Morgan fingerprint density at radius 3 is 2.80 bits per heavy atom. The molecule has 0 aromatic carbocycles. The smallest absolute Gasteiger partial charge is 0.253 e. The summed E-state index contributed by atoms with van der Waals surface area (Å²) in [4.78, 5) is 18.5. The van der Waals surface area contributed by atoms with Gasteiger partial charge in [-0.25, -0.2) is 0 Å². The fourth-order valence-corrected chi connectivity index (χ4v) is 1.61. The molecule has 0 aliphatic heterocycles. The highest BCUT2D eigenvalue weighted by Crippen LogP contribution is 2.32. The molecule has 0 aliphatic carbocycles. The van der Waals surface area contributed by atoms with Gasteiger partial charge in [0.25, 0.3) is 3.79 Å². The summed E-state index contributed by atoms with van der Waals surface area (Å²) in [5.41, 5.74) is 1.11. The summed E-state index contributed by atoms with van der Waals surface area (Å²) >= 11 is 16.6. The van der Waals surface area contributed by atoms with E-state index >= 15 is 0 Å². The number of hydrogen-bond donors (Lipinski definition) is 1. The van der Waals surface area contributed by atoms with Crippen LogP contribution >= 0.6 is 34.8 Å². The van der Waals surface area contributed by atoms with Crippen LogP contribution in [0.3, 0.4) is 0 Å². The maximum absolute atomic E-state index is 11.7. The van der Waals surface area contributed by atoms with Gasteiger partial charge in [-0.05, 0) is 6.07 Å². The normalized spacial score (nSPS) is 11.9. The van der Waals surface area contributed by atoms with Crippen LogP contribution in [0.2, 0.25) is 0 Å². The topological polar surface area (TPSA) is 45.8 Å². The minimum absolute atomic E-state index is 0.332. The number of ketones is 1. The lowest BCUT2D eigenvalue weighted by molar-refractivity contribution is 0.0998. The van der Waals surface area contributed by atoms with E-state index in [9.17, 15) is 4.79 Å². The van der Waals surface area contributed by atoms with Gasteiger partial charge in [-0.2, -0.15) is 0 Å². The first-order chi connectivity index (χ1) is 7.00. The summed E-state index contributed by atoms with van der Waals surface area (Å²) in [6.07, 6.45) is 4.68. The van der Waals surface area contributed by atoms with E-state index in [-0.39, 0.29) is 0 Å². The average Bonchev–Trinajstić information content (AvgIpc) is 2.58. The van der Waals surface area contributed by atoms with Gasteiger partial charge >= 0.3 is 0 Å². The molecule has 6 heteroatoms. The number of aromatic nitrogens is 2. The highest BCUT2D eigenvalue weighted by atomic mass is 35.6. The molecule has 1 N–H and O–H groups in total. The number of hydrogen-bond acceptors (Lipinski definition) is 2. The molecule has 2 heterocycles. The molecule has 0 unspecified atom stereocenters. The zero-order valence-electron chi connectivity index (χ0n) is 7.30. The predicted molar refractivity (Wildman–Crippen MR) is 60.7 cm³/mol. The van der Waals surface area contributed by atoms with Crippen molar-refractivity contribution in [1.29, 1.82) is 0 Å². The van der Waals surface area contributed by atoms with Crippen LogP contribution in [-0.4, -0.2) is 19.5 Å². The SMILES string of the molecule is O=C(c1c[nH]c2ccncc12)C(Cl)(Cl)Cl. The number of Topliss-reactive ketones (excluding diaryl/α,β-unsaturated/α-hetero) is 1. The van der Waals surface area contributed by atoms with Crippen LogP contribution in [0.15, 0.2) is 24.7 Å². The quantitative estimate of drug-likeness (QED) is 0.635. The first kappa shape index (κ1) is 10.7. The van der Waals surface area contributed by atoms with E-state index in [0.717, 1.165) is 5.52 Å². The number of fused-ring (bicyclic) bond motifs is 1. The van der Waals surface area contributed by atoms with Crippen LogP contribution in [0.5, 0.6) is 0 Å². The highest BCUT2D eigenvalue weighted by Gasteiger charge is 2.33. The molecule has 3 nitrogen and oxygen atoms in total. The lowest BCUT2D eigenvalue weighted by Gasteiger charge is -2.07. The lowest BCUT2D eigenvalue weighted by Crippen LogP contribution is -2.18. The van der Waals surface area contributed by atoms with Gasteiger partial charge in [0.15, 0.2) is 0 Å². The summed E-state index contributed by atoms with van der Waals surface area (Å²) in [5, 5.41) is 0.647. The van der Waals surface area contributed by atoms with Crippen molar-refractivity contribution >= 4 is 51.5 Å². The van der Waals surface area contributed by atoms with Crippen LogP contribution in [0.4, 0.5) is 0 Å². The molecule has 0 fully saturated rings. The second-order valence-corrected chi connectivity index (χ2v) is 5.23. The minimum Gasteiger partial charge on any atom is -0.360 e. The summed E-state index contributed by atoms with van der Waals surface area (Å²) < 4.78 is -1.94. The summed E-state index contributed by atoms with van der Waals surface area (Å²) in [5.74, 6) is -0.563. The van der Waals surface area contributed by atoms with Gasteiger partial charge < -0.3 is 4.98 Å². The van der Waals surface area contributed by atoms with Crippen LogP contribution in [-0.2, 0) is 0 Å². The summed E-state index contributed by atoms with van der Waals surface area (Å²) in [7, 11) is 0. The molecule has 2 rings (SSSR count). The van der Waals surface area contributed by atoms with Gasteiger partial charge in [-0.15, -0.1) is 0 Å². The van der Waals surface area contributed by atoms with Crippen molar-refractivity contribution in [2.24, 2.45) is 0 Å². The first-order valence-corrected chi connectivity index (χ1v) is 5.16. The number of nitrogens with one attached hydrogen (secondary N) is 1. The zero-order valence-corrected chi connectivity index (χ0v) is 9.57. The molecule has 0 bridgehead atoms. The van der Waals surface area contributed by atoms with Crippen molar-refractivity contribution in [3.63, 3.8) is 0 Å². The highest BCUT2D eigenvalue weighted by molar-refractivity contribution is 6.77. The first-order valence-electron chi connectivity index (χ1n) is 4.03. The van der Waals surface area contributed by atoms with E-state index in [4.69, 9.17) is 34.8 Å². The molecule has 0 atom stereocenters. The van der Waals surface area contributed by atoms with Gasteiger partial charge in [0.2, 0.25) is 5.78 Å². The maximum atomic E-state index is 11.7. The van der Waals surface area contributed by atoms with Crippen LogP contribution in [0.1, 0.15) is 10.4 Å². The Morgan fingerprint density at radius 1 is 1.40 bits per heavy atom. The van der Waals surface area contributed by atoms with Crippen molar-refractivity contribution in [3.05, 3.63) is 30.2 Å². The molecule has 2 aromatic rings. The van der Waals surface area contributed by atoms with Gasteiger partial charge in [-0.1, -0.05) is 34.8 Å². The third-order valence-corrected chi connectivity index (χ3v) is 2.50. The number of rotatable bonds is 1. The van der Waals surface area contributed by atoms with Crippen molar-refractivity contribution in [2.45, 2.75) is 3.79 Å². The van der Waals surface area contributed by atoms with E-state index in [1.54, 1.807) is 18.5 Å². The van der Waals surface area contributed by atoms with Gasteiger partial charge in [0.1, 0.15) is 0 Å². The molecule has 0 aliphatic rings. The predicted octanol–water partition coefficient (Wildman–Crippen LogP) is 3.12. The number of carbonyl (C=O) groups excluding carboxylic acids is 1. The number of aromatic amines is 1. The second-order valence-electron chi connectivity index (χ2n) is 2.95. The fraction of sp³-hybridized carbons (Fsp3) is 0.111. The lowest BCUT2D eigenvalue weighted by atomic mass is 10.1. The van der Waals surface area contributed by atoms with Crippen LogP contribution in [0.25, 0.3) is 10.9 Å². The Balaban J connectivity index is 2.58. The van der Waals surface area contributed by atoms with Crippen LogP contribution in [0, 0.1) is 0 Å². The Labute approximate surface area is 100 Å². The Bertz CT molecular complexity index is 515. The molecule has 15 heavy (non-hydrogen) atoms. The van der Waals surface area contributed by atoms with E-state index in [2.05, 4.69) is 9.97 Å². The number of halogens is 3. The molecule has 2 aromatic heterocycles. The molecular formula is C9H5Cl3N2O. The van der Waals surface area contributed by atoms with E-state index in [1.807, 2.05) is 0 Å². The average molecular weight is 264 g/mol. The van der Waals surface area contributed by atoms with Gasteiger partial charge in [0.05, 0.1) is 0 Å². The molecule has 0 saturated heterocycles. The molecule has 0 saturated carbocycles. The number of carbonyl (C=O) groups is 1. The fourth-order valence-electron chi connectivity index (χ4n) is 1.30. The van der Waals surface area contributed by atoms with E-state index in [0.29, 0.717) is 10.9 Å². The third-order valence-electron chi connectivity index (χ3n) is 1.99. The largest absolute Gasteiger partial charge is 0.360 e. The van der Waals surface area contributed by atoms with Crippen molar-refractivity contribution < 1.29 is 4.79 Å². The Kier molecular flexibility index (Phi) is 2.63. The van der Waals surface area contributed by atoms with Crippen molar-refractivity contribution in [2.75, 3.05) is 0 Å². The maximum Gasteiger partial charge on any atom is 0.253 e. The summed E-state index contributed by atoms with van der Waals surface area (Å²) in [6.45, 7) is 0. The number of alkyl halides is 3. The van der Waals surface area contributed by atoms with E-state index in [1.165, 1.54) is 6.20 Å². The minimum atomic E-state index is -1.94. The number of pyridine rings is 1. The number of nitrogens with zero attached hydrogens (tertiary/aromatic N) is 1. The molecule has 78 valence electrons. The second kappa shape index (κ2) is 3.67.